The molecule has 3 N–H and O–H groups in total. The highest BCUT2D eigenvalue weighted by atomic mass is 16.5. The van der Waals surface area contributed by atoms with Crippen LogP contribution in [0.15, 0.2) is 18.2 Å². The number of hydrogen-bond donors (Lipinski definition) is 2. The van der Waals surface area contributed by atoms with Crippen LogP contribution in [0.2, 0.25) is 0 Å². The van der Waals surface area contributed by atoms with E-state index in [0.29, 0.717) is 18.2 Å². The first kappa shape index (κ1) is 11.3. The molecule has 1 unspecified atom stereocenters. The van der Waals surface area contributed by atoms with Crippen LogP contribution in [0.1, 0.15) is 13.8 Å². The zero-order valence-electron chi connectivity index (χ0n) is 8.86. The van der Waals surface area contributed by atoms with Crippen molar-refractivity contribution in [2.75, 3.05) is 17.7 Å². The van der Waals surface area contributed by atoms with Crippen molar-refractivity contribution in [3.05, 3.63) is 18.2 Å². The Kier molecular flexibility index (Phi) is 3.91. The number of carbonyl (C=O) groups excluding carboxylic acids is 1. The van der Waals surface area contributed by atoms with E-state index in [2.05, 4.69) is 10.3 Å². The second kappa shape index (κ2) is 5.19. The van der Waals surface area contributed by atoms with Crippen LogP contribution < -0.4 is 11.1 Å². The number of hydrogen-bond acceptors (Lipinski definition) is 5. The molecule has 0 aliphatic heterocycles. The molecule has 1 rings (SSSR count). The van der Waals surface area contributed by atoms with Crippen molar-refractivity contribution in [3.63, 3.8) is 0 Å². The molecule has 0 spiro atoms. The second-order valence-electron chi connectivity index (χ2n) is 3.07. The van der Waals surface area contributed by atoms with Gasteiger partial charge in [0.2, 0.25) is 0 Å². The summed E-state index contributed by atoms with van der Waals surface area (Å²) < 4.78 is 4.85. The van der Waals surface area contributed by atoms with Crippen LogP contribution in [0, 0.1) is 0 Å². The molecule has 0 saturated heterocycles. The standard InChI is InChI=1S/C10H15N3O2/c1-3-15-10(14)7(2)12-9-6-4-5-8(11)13-9/h4-7H,3H2,1-2H3,(H3,11,12,13). The average Bonchev–Trinajstić information content (AvgIpc) is 2.18. The third-order valence-corrected chi connectivity index (χ3v) is 1.78. The van der Waals surface area contributed by atoms with Gasteiger partial charge in [-0.2, -0.15) is 0 Å². The van der Waals surface area contributed by atoms with Crippen molar-refractivity contribution in [1.82, 2.24) is 4.98 Å². The van der Waals surface area contributed by atoms with E-state index in [9.17, 15) is 4.79 Å². The summed E-state index contributed by atoms with van der Waals surface area (Å²) in [4.78, 5) is 15.3. The SMILES string of the molecule is CCOC(=O)C(C)Nc1cccc(N)n1. The molecule has 0 aliphatic rings. The minimum atomic E-state index is -0.431. The Morgan fingerprint density at radius 2 is 2.40 bits per heavy atom. The Hall–Kier alpha value is -1.78. The maximum atomic E-state index is 11.3. The van der Waals surface area contributed by atoms with Crippen LogP contribution in [0.25, 0.3) is 0 Å². The van der Waals surface area contributed by atoms with Crippen molar-refractivity contribution in [3.8, 4) is 0 Å². The molecule has 0 aliphatic carbocycles. The molecule has 0 aromatic carbocycles. The highest BCUT2D eigenvalue weighted by Gasteiger charge is 2.13. The van der Waals surface area contributed by atoms with Gasteiger partial charge in [-0.15, -0.1) is 0 Å². The highest BCUT2D eigenvalue weighted by molar-refractivity contribution is 5.78. The molecule has 0 radical (unpaired) electrons. The van der Waals surface area contributed by atoms with Crippen molar-refractivity contribution >= 4 is 17.6 Å². The maximum Gasteiger partial charge on any atom is 0.328 e. The van der Waals surface area contributed by atoms with Gasteiger partial charge in [-0.1, -0.05) is 6.07 Å². The van der Waals surface area contributed by atoms with E-state index in [0.717, 1.165) is 0 Å². The molecule has 1 atom stereocenters. The number of nitrogen functional groups attached to an aromatic ring is 1. The summed E-state index contributed by atoms with van der Waals surface area (Å²) >= 11 is 0. The lowest BCUT2D eigenvalue weighted by atomic mass is 10.3. The number of anilines is 2. The minimum absolute atomic E-state index is 0.304. The van der Waals surface area contributed by atoms with Gasteiger partial charge in [-0.05, 0) is 26.0 Å². The van der Waals surface area contributed by atoms with E-state index in [1.54, 1.807) is 32.0 Å². The quantitative estimate of drug-likeness (QED) is 0.724. The van der Waals surface area contributed by atoms with E-state index in [1.165, 1.54) is 0 Å². The van der Waals surface area contributed by atoms with Crippen LogP contribution in [-0.2, 0) is 9.53 Å². The zero-order chi connectivity index (χ0) is 11.3. The molecule has 5 heteroatoms. The largest absolute Gasteiger partial charge is 0.464 e. The fourth-order valence-corrected chi connectivity index (χ4v) is 1.08. The summed E-state index contributed by atoms with van der Waals surface area (Å²) in [6, 6.07) is 4.76. The molecule has 5 nitrogen and oxygen atoms in total. The average molecular weight is 209 g/mol. The normalized spacial score (nSPS) is 11.9. The Balaban J connectivity index is 2.58. The third-order valence-electron chi connectivity index (χ3n) is 1.78. The maximum absolute atomic E-state index is 11.3. The molecular formula is C10H15N3O2. The van der Waals surface area contributed by atoms with Gasteiger partial charge in [-0.3, -0.25) is 0 Å². The lowest BCUT2D eigenvalue weighted by molar-refractivity contribution is -0.143. The Labute approximate surface area is 88.6 Å². The lowest BCUT2D eigenvalue weighted by Gasteiger charge is -2.12. The molecule has 0 amide bonds. The first-order valence-corrected chi connectivity index (χ1v) is 4.79. The molecule has 0 bridgehead atoms. The molecule has 15 heavy (non-hydrogen) atoms. The van der Waals surface area contributed by atoms with Crippen molar-refractivity contribution in [1.29, 1.82) is 0 Å². The number of esters is 1. The van der Waals surface area contributed by atoms with Gasteiger partial charge in [0.15, 0.2) is 0 Å². The Morgan fingerprint density at radius 3 is 3.00 bits per heavy atom. The molecule has 1 aromatic heterocycles. The zero-order valence-corrected chi connectivity index (χ0v) is 8.86. The van der Waals surface area contributed by atoms with Gasteiger partial charge < -0.3 is 15.8 Å². The van der Waals surface area contributed by atoms with Crippen LogP contribution in [0.3, 0.4) is 0 Å². The van der Waals surface area contributed by atoms with Gasteiger partial charge in [0, 0.05) is 0 Å². The van der Waals surface area contributed by atoms with Crippen LogP contribution >= 0.6 is 0 Å². The fraction of sp³-hybridized carbons (Fsp3) is 0.400. The summed E-state index contributed by atoms with van der Waals surface area (Å²) in [6.07, 6.45) is 0. The monoisotopic (exact) mass is 209 g/mol. The smallest absolute Gasteiger partial charge is 0.328 e. The van der Waals surface area contributed by atoms with Crippen LogP contribution in [0.4, 0.5) is 11.6 Å². The molecule has 1 heterocycles. The number of rotatable bonds is 4. The van der Waals surface area contributed by atoms with Gasteiger partial charge in [0.05, 0.1) is 6.61 Å². The Bertz CT molecular complexity index is 341. The topological polar surface area (TPSA) is 77.2 Å². The van der Waals surface area contributed by atoms with Gasteiger partial charge >= 0.3 is 5.97 Å². The van der Waals surface area contributed by atoms with E-state index in [4.69, 9.17) is 10.5 Å². The summed E-state index contributed by atoms with van der Waals surface area (Å²) in [5, 5.41) is 2.90. The lowest BCUT2D eigenvalue weighted by Crippen LogP contribution is -2.28. The fourth-order valence-electron chi connectivity index (χ4n) is 1.08. The van der Waals surface area contributed by atoms with Crippen molar-refractivity contribution in [2.45, 2.75) is 19.9 Å². The first-order chi connectivity index (χ1) is 7.13. The number of nitrogens with zero attached hydrogens (tertiary/aromatic N) is 1. The highest BCUT2D eigenvalue weighted by Crippen LogP contribution is 2.07. The number of ether oxygens (including phenoxy) is 1. The number of pyridine rings is 1. The van der Waals surface area contributed by atoms with E-state index < -0.39 is 6.04 Å². The van der Waals surface area contributed by atoms with Gasteiger partial charge in [0.25, 0.3) is 0 Å². The van der Waals surface area contributed by atoms with E-state index in [-0.39, 0.29) is 5.97 Å². The molecule has 82 valence electrons. The number of nitrogens with one attached hydrogen (secondary N) is 1. The van der Waals surface area contributed by atoms with Crippen LogP contribution in [-0.4, -0.2) is 23.6 Å². The van der Waals surface area contributed by atoms with Crippen molar-refractivity contribution in [2.24, 2.45) is 0 Å². The summed E-state index contributed by atoms with van der Waals surface area (Å²) in [5.74, 6) is 0.674. The minimum Gasteiger partial charge on any atom is -0.464 e. The Morgan fingerprint density at radius 1 is 1.67 bits per heavy atom. The van der Waals surface area contributed by atoms with Gasteiger partial charge in [-0.25, -0.2) is 9.78 Å². The van der Waals surface area contributed by atoms with E-state index in [1.807, 2.05) is 0 Å². The molecule has 0 saturated carbocycles. The van der Waals surface area contributed by atoms with Crippen molar-refractivity contribution < 1.29 is 9.53 Å². The number of aromatic nitrogens is 1. The predicted octanol–water partition coefficient (Wildman–Crippen LogP) is 1.03. The number of carbonyl (C=O) groups is 1. The first-order valence-electron chi connectivity index (χ1n) is 4.79. The van der Waals surface area contributed by atoms with Gasteiger partial charge in [0.1, 0.15) is 17.7 Å². The molecular weight excluding hydrogens is 194 g/mol. The van der Waals surface area contributed by atoms with Crippen LogP contribution in [0.5, 0.6) is 0 Å². The van der Waals surface area contributed by atoms with E-state index >= 15 is 0 Å². The second-order valence-corrected chi connectivity index (χ2v) is 3.07. The molecule has 1 aromatic rings. The molecule has 0 fully saturated rings. The summed E-state index contributed by atoms with van der Waals surface area (Å²) in [6.45, 7) is 3.85. The summed E-state index contributed by atoms with van der Waals surface area (Å²) in [7, 11) is 0. The third kappa shape index (κ3) is 3.46. The summed E-state index contributed by atoms with van der Waals surface area (Å²) in [5.41, 5.74) is 5.50. The predicted molar refractivity (Wildman–Crippen MR) is 58.4 cm³/mol. The number of nitrogens with two attached hydrogens (primary N) is 1.